The summed E-state index contributed by atoms with van der Waals surface area (Å²) in [5.41, 5.74) is 0.360. The molecule has 7 nitrogen and oxygen atoms in total. The first kappa shape index (κ1) is 22.1. The second-order valence-electron chi connectivity index (χ2n) is 7.11. The van der Waals surface area contributed by atoms with Crippen LogP contribution < -0.4 is 10.6 Å². The van der Waals surface area contributed by atoms with Gasteiger partial charge in [-0.2, -0.15) is 4.31 Å². The topological polar surface area (TPSA) is 87.7 Å². The van der Waals surface area contributed by atoms with Crippen molar-refractivity contribution in [2.24, 2.45) is 0 Å². The quantitative estimate of drug-likeness (QED) is 0.755. The van der Waals surface area contributed by atoms with Gasteiger partial charge in [0.2, 0.25) is 10.0 Å². The number of halogens is 1. The van der Waals surface area contributed by atoms with Crippen LogP contribution in [0.2, 0.25) is 0 Å². The van der Waals surface area contributed by atoms with Gasteiger partial charge in [0.1, 0.15) is 0 Å². The number of morpholine rings is 1. The standard InChI is InChI=1S/C18H27N3O4S.ClH/c1-13-11-21(12-14(2)25-13)26(23,24)17-7-3-5-15(9-17)18(22)20-10-16-6-4-8-19-16;/h3,5,7,9,13-14,16,19H,4,6,8,10-12H2,1-2H3,(H,20,22);1H. The van der Waals surface area contributed by atoms with Crippen LogP contribution in [-0.4, -0.2) is 63.1 Å². The lowest BCUT2D eigenvalue weighted by molar-refractivity contribution is -0.0440. The van der Waals surface area contributed by atoms with E-state index < -0.39 is 10.0 Å². The Kier molecular flexibility index (Phi) is 7.64. The summed E-state index contributed by atoms with van der Waals surface area (Å²) >= 11 is 0. The number of carbonyl (C=O) groups excluding carboxylic acids is 1. The van der Waals surface area contributed by atoms with Gasteiger partial charge in [0, 0.05) is 31.2 Å². The molecule has 0 bridgehead atoms. The zero-order valence-corrected chi connectivity index (χ0v) is 17.3. The molecule has 2 aliphatic rings. The average Bonchev–Trinajstić information content (AvgIpc) is 3.12. The molecule has 3 unspecified atom stereocenters. The van der Waals surface area contributed by atoms with Gasteiger partial charge < -0.3 is 15.4 Å². The van der Waals surface area contributed by atoms with Crippen molar-refractivity contribution >= 4 is 28.3 Å². The second kappa shape index (κ2) is 9.34. The maximum Gasteiger partial charge on any atom is 0.251 e. The molecule has 152 valence electrons. The Morgan fingerprint density at radius 1 is 1.30 bits per heavy atom. The molecule has 2 fully saturated rings. The van der Waals surface area contributed by atoms with E-state index in [0.29, 0.717) is 31.2 Å². The molecule has 0 spiro atoms. The van der Waals surface area contributed by atoms with E-state index in [2.05, 4.69) is 10.6 Å². The van der Waals surface area contributed by atoms with Crippen molar-refractivity contribution in [2.75, 3.05) is 26.2 Å². The van der Waals surface area contributed by atoms with E-state index in [1.54, 1.807) is 12.1 Å². The maximum absolute atomic E-state index is 12.9. The summed E-state index contributed by atoms with van der Waals surface area (Å²) < 4.78 is 32.9. The molecule has 0 radical (unpaired) electrons. The first-order chi connectivity index (χ1) is 12.4. The van der Waals surface area contributed by atoms with Crippen LogP contribution in [-0.2, 0) is 14.8 Å². The Hall–Kier alpha value is -1.19. The number of nitrogens with zero attached hydrogens (tertiary/aromatic N) is 1. The predicted molar refractivity (Wildman–Crippen MR) is 106 cm³/mol. The monoisotopic (exact) mass is 417 g/mol. The fourth-order valence-corrected chi connectivity index (χ4v) is 5.16. The van der Waals surface area contributed by atoms with Crippen LogP contribution in [0.15, 0.2) is 29.2 Å². The summed E-state index contributed by atoms with van der Waals surface area (Å²) in [5, 5.41) is 6.20. The van der Waals surface area contributed by atoms with E-state index >= 15 is 0 Å². The van der Waals surface area contributed by atoms with Crippen LogP contribution >= 0.6 is 12.4 Å². The van der Waals surface area contributed by atoms with Crippen molar-refractivity contribution in [3.8, 4) is 0 Å². The van der Waals surface area contributed by atoms with Gasteiger partial charge in [0.15, 0.2) is 0 Å². The molecule has 0 saturated carbocycles. The summed E-state index contributed by atoms with van der Waals surface area (Å²) in [5.74, 6) is -0.250. The third kappa shape index (κ3) is 5.42. The Labute approximate surface area is 167 Å². The summed E-state index contributed by atoms with van der Waals surface area (Å²) in [4.78, 5) is 12.5. The zero-order chi connectivity index (χ0) is 18.7. The van der Waals surface area contributed by atoms with Crippen molar-refractivity contribution in [1.29, 1.82) is 0 Å². The minimum Gasteiger partial charge on any atom is -0.373 e. The van der Waals surface area contributed by atoms with Crippen molar-refractivity contribution in [3.63, 3.8) is 0 Å². The van der Waals surface area contributed by atoms with E-state index in [9.17, 15) is 13.2 Å². The van der Waals surface area contributed by atoms with E-state index in [1.165, 1.54) is 16.4 Å². The summed E-state index contributed by atoms with van der Waals surface area (Å²) in [6.07, 6.45) is 1.85. The molecule has 1 aromatic rings. The van der Waals surface area contributed by atoms with Gasteiger partial charge in [0.05, 0.1) is 17.1 Å². The molecule has 2 heterocycles. The molecule has 0 aliphatic carbocycles. The maximum atomic E-state index is 12.9. The summed E-state index contributed by atoms with van der Waals surface area (Å²) in [6.45, 7) is 5.88. The highest BCUT2D eigenvalue weighted by Crippen LogP contribution is 2.22. The minimum atomic E-state index is -3.65. The minimum absolute atomic E-state index is 0. The number of hydrogen-bond donors (Lipinski definition) is 2. The molecule has 2 N–H and O–H groups in total. The Morgan fingerprint density at radius 3 is 2.63 bits per heavy atom. The zero-order valence-electron chi connectivity index (χ0n) is 15.7. The van der Waals surface area contributed by atoms with Gasteiger partial charge in [-0.15, -0.1) is 12.4 Å². The molecule has 1 amide bonds. The number of nitrogens with one attached hydrogen (secondary N) is 2. The van der Waals surface area contributed by atoms with Crippen LogP contribution in [0.4, 0.5) is 0 Å². The van der Waals surface area contributed by atoms with Gasteiger partial charge in [-0.1, -0.05) is 6.07 Å². The fourth-order valence-electron chi connectivity index (χ4n) is 3.52. The molecular formula is C18H28ClN3O4S. The van der Waals surface area contributed by atoms with Gasteiger partial charge in [-0.3, -0.25) is 4.79 Å². The number of carbonyl (C=O) groups is 1. The molecule has 27 heavy (non-hydrogen) atoms. The Morgan fingerprint density at radius 2 is 2.00 bits per heavy atom. The Balaban J connectivity index is 0.00000261. The molecular weight excluding hydrogens is 390 g/mol. The summed E-state index contributed by atoms with van der Waals surface area (Å²) in [6, 6.07) is 6.54. The van der Waals surface area contributed by atoms with Crippen molar-refractivity contribution in [1.82, 2.24) is 14.9 Å². The lowest BCUT2D eigenvalue weighted by Gasteiger charge is -2.34. The molecule has 2 saturated heterocycles. The van der Waals surface area contributed by atoms with E-state index in [-0.39, 0.29) is 35.4 Å². The number of benzene rings is 1. The van der Waals surface area contributed by atoms with Crippen LogP contribution in [0.1, 0.15) is 37.0 Å². The third-order valence-corrected chi connectivity index (χ3v) is 6.62. The SMILES string of the molecule is CC1CN(S(=O)(=O)c2cccc(C(=O)NCC3CCCN3)c2)CC(C)O1.Cl. The second-order valence-corrected chi connectivity index (χ2v) is 9.05. The van der Waals surface area contributed by atoms with E-state index in [1.807, 2.05) is 13.8 Å². The van der Waals surface area contributed by atoms with Gasteiger partial charge in [-0.25, -0.2) is 8.42 Å². The van der Waals surface area contributed by atoms with Crippen LogP contribution in [0.25, 0.3) is 0 Å². The largest absolute Gasteiger partial charge is 0.373 e. The van der Waals surface area contributed by atoms with Crippen molar-refractivity contribution < 1.29 is 17.9 Å². The number of amides is 1. The number of hydrogen-bond acceptors (Lipinski definition) is 5. The van der Waals surface area contributed by atoms with Crippen LogP contribution in [0.3, 0.4) is 0 Å². The lowest BCUT2D eigenvalue weighted by Crippen LogP contribution is -2.48. The van der Waals surface area contributed by atoms with Gasteiger partial charge >= 0.3 is 0 Å². The fraction of sp³-hybridized carbons (Fsp3) is 0.611. The molecule has 2 aliphatic heterocycles. The number of ether oxygens (including phenoxy) is 1. The molecule has 3 atom stereocenters. The third-order valence-electron chi connectivity index (χ3n) is 4.79. The lowest BCUT2D eigenvalue weighted by atomic mass is 10.2. The van der Waals surface area contributed by atoms with Gasteiger partial charge in [0.25, 0.3) is 5.91 Å². The molecule has 9 heteroatoms. The highest BCUT2D eigenvalue weighted by atomic mass is 35.5. The first-order valence-corrected chi connectivity index (χ1v) is 10.6. The van der Waals surface area contributed by atoms with Crippen molar-refractivity contribution in [2.45, 2.75) is 49.8 Å². The first-order valence-electron chi connectivity index (χ1n) is 9.13. The molecule has 3 rings (SSSR count). The predicted octanol–water partition coefficient (Wildman–Crippen LogP) is 1.39. The smallest absolute Gasteiger partial charge is 0.251 e. The number of rotatable bonds is 5. The van der Waals surface area contributed by atoms with E-state index in [4.69, 9.17) is 4.74 Å². The number of sulfonamides is 1. The van der Waals surface area contributed by atoms with Gasteiger partial charge in [-0.05, 0) is 51.4 Å². The average molecular weight is 418 g/mol. The molecule has 1 aromatic carbocycles. The summed E-state index contributed by atoms with van der Waals surface area (Å²) in [7, 11) is -3.65. The van der Waals surface area contributed by atoms with E-state index in [0.717, 1.165) is 19.4 Å². The highest BCUT2D eigenvalue weighted by molar-refractivity contribution is 7.89. The highest BCUT2D eigenvalue weighted by Gasteiger charge is 2.32. The van der Waals surface area contributed by atoms with Crippen LogP contribution in [0.5, 0.6) is 0 Å². The molecule has 0 aromatic heterocycles. The normalized spacial score (nSPS) is 26.4. The van der Waals surface area contributed by atoms with Crippen LogP contribution in [0, 0.1) is 0 Å². The van der Waals surface area contributed by atoms with Crippen molar-refractivity contribution in [3.05, 3.63) is 29.8 Å². The Bertz CT molecular complexity index is 743.